The van der Waals surface area contributed by atoms with E-state index in [1.807, 2.05) is 13.0 Å². The summed E-state index contributed by atoms with van der Waals surface area (Å²) in [5, 5.41) is 3.58. The lowest BCUT2D eigenvalue weighted by atomic mass is 10.2. The number of hydrogen-bond acceptors (Lipinski definition) is 4. The quantitative estimate of drug-likeness (QED) is 0.759. The van der Waals surface area contributed by atoms with Crippen molar-refractivity contribution in [1.29, 1.82) is 0 Å². The van der Waals surface area contributed by atoms with Crippen molar-refractivity contribution in [3.05, 3.63) is 58.1 Å². The Kier molecular flexibility index (Phi) is 6.67. The minimum atomic E-state index is -0.972. The van der Waals surface area contributed by atoms with Crippen LogP contribution in [0.1, 0.15) is 12.5 Å². The molecule has 25 heavy (non-hydrogen) atoms. The Labute approximate surface area is 155 Å². The summed E-state index contributed by atoms with van der Waals surface area (Å²) >= 11 is 11.8. The van der Waals surface area contributed by atoms with Crippen LogP contribution < -0.4 is 10.1 Å². The third-order valence-electron chi connectivity index (χ3n) is 3.22. The Bertz CT molecular complexity index is 762. The number of halogens is 2. The smallest absolute Gasteiger partial charge is 0.344 e. The van der Waals surface area contributed by atoms with Gasteiger partial charge in [-0.2, -0.15) is 0 Å². The second-order valence-corrected chi connectivity index (χ2v) is 6.19. The molecule has 0 spiro atoms. The molecule has 0 unspecified atom stereocenters. The Morgan fingerprint density at radius 3 is 2.48 bits per heavy atom. The van der Waals surface area contributed by atoms with Gasteiger partial charge in [0.15, 0.2) is 12.7 Å². The topological polar surface area (TPSA) is 64.6 Å². The molecular weight excluding hydrogens is 365 g/mol. The molecule has 0 saturated carbocycles. The van der Waals surface area contributed by atoms with E-state index >= 15 is 0 Å². The van der Waals surface area contributed by atoms with Crippen molar-refractivity contribution in [2.45, 2.75) is 20.0 Å². The van der Waals surface area contributed by atoms with Crippen LogP contribution in [0.25, 0.3) is 0 Å². The molecule has 0 aromatic heterocycles. The lowest BCUT2D eigenvalue weighted by molar-refractivity contribution is -0.155. The van der Waals surface area contributed by atoms with E-state index in [4.69, 9.17) is 32.7 Å². The molecular formula is C18H17Cl2NO4. The Morgan fingerprint density at radius 1 is 1.12 bits per heavy atom. The van der Waals surface area contributed by atoms with Crippen LogP contribution in [-0.4, -0.2) is 24.6 Å². The highest BCUT2D eigenvalue weighted by Crippen LogP contribution is 2.25. The molecule has 5 nitrogen and oxygen atoms in total. The number of carbonyl (C=O) groups is 2. The number of ether oxygens (including phenoxy) is 2. The fourth-order valence-electron chi connectivity index (χ4n) is 1.92. The summed E-state index contributed by atoms with van der Waals surface area (Å²) < 4.78 is 10.4. The predicted octanol–water partition coefficient (Wildman–Crippen LogP) is 4.25. The Balaban J connectivity index is 1.83. The summed E-state index contributed by atoms with van der Waals surface area (Å²) in [5.41, 5.74) is 1.50. The summed E-state index contributed by atoms with van der Waals surface area (Å²) in [6.45, 7) is 3.01. The van der Waals surface area contributed by atoms with Gasteiger partial charge in [0.05, 0.1) is 5.02 Å². The van der Waals surface area contributed by atoms with E-state index in [2.05, 4.69) is 5.32 Å². The number of anilines is 1. The molecule has 2 rings (SSSR count). The fraction of sp³-hybridized carbons (Fsp3) is 0.222. The molecule has 0 aliphatic rings. The summed E-state index contributed by atoms with van der Waals surface area (Å²) in [6.07, 6.45) is -0.972. The molecule has 1 amide bonds. The zero-order valence-corrected chi connectivity index (χ0v) is 15.2. The third-order valence-corrected chi connectivity index (χ3v) is 3.79. The average Bonchev–Trinajstić information content (AvgIpc) is 2.57. The molecule has 0 fully saturated rings. The molecule has 0 heterocycles. The van der Waals surface area contributed by atoms with Gasteiger partial charge in [-0.3, -0.25) is 4.79 Å². The first-order valence-corrected chi connectivity index (χ1v) is 8.25. The second kappa shape index (κ2) is 8.74. The molecule has 2 aromatic carbocycles. The van der Waals surface area contributed by atoms with Gasteiger partial charge in [0.2, 0.25) is 0 Å². The van der Waals surface area contributed by atoms with E-state index < -0.39 is 18.0 Å². The number of benzene rings is 2. The molecule has 7 heteroatoms. The van der Waals surface area contributed by atoms with Crippen LogP contribution in [-0.2, 0) is 14.3 Å². The zero-order chi connectivity index (χ0) is 18.4. The van der Waals surface area contributed by atoms with Crippen LogP contribution in [0, 0.1) is 6.92 Å². The number of rotatable bonds is 6. The van der Waals surface area contributed by atoms with Crippen LogP contribution in [0.5, 0.6) is 5.75 Å². The number of nitrogens with one attached hydrogen (secondary N) is 1. The van der Waals surface area contributed by atoms with Gasteiger partial charge in [0.25, 0.3) is 5.91 Å². The monoisotopic (exact) mass is 381 g/mol. The Morgan fingerprint density at radius 2 is 1.80 bits per heavy atom. The van der Waals surface area contributed by atoms with Crippen molar-refractivity contribution >= 4 is 40.8 Å². The number of amides is 1. The highest BCUT2D eigenvalue weighted by Gasteiger charge is 2.18. The SMILES string of the molecule is Cc1ccc(Cl)c(OCC(=O)O[C@@H](C)C(=O)Nc2ccc(Cl)cc2)c1. The number of carbonyl (C=O) groups excluding carboxylic acids is 2. The van der Waals surface area contributed by atoms with Crippen molar-refractivity contribution in [2.24, 2.45) is 0 Å². The maximum atomic E-state index is 12.0. The lowest BCUT2D eigenvalue weighted by Crippen LogP contribution is -2.31. The molecule has 1 N–H and O–H groups in total. The van der Waals surface area contributed by atoms with Gasteiger partial charge in [-0.05, 0) is 55.8 Å². The second-order valence-electron chi connectivity index (χ2n) is 5.35. The van der Waals surface area contributed by atoms with E-state index in [0.717, 1.165) is 5.56 Å². The van der Waals surface area contributed by atoms with Gasteiger partial charge in [0.1, 0.15) is 5.75 Å². The lowest BCUT2D eigenvalue weighted by Gasteiger charge is -2.14. The van der Waals surface area contributed by atoms with Crippen molar-refractivity contribution in [3.63, 3.8) is 0 Å². The first kappa shape index (κ1) is 19.1. The predicted molar refractivity (Wildman–Crippen MR) is 97.3 cm³/mol. The van der Waals surface area contributed by atoms with E-state index in [1.165, 1.54) is 6.92 Å². The summed E-state index contributed by atoms with van der Waals surface area (Å²) in [7, 11) is 0. The first-order chi connectivity index (χ1) is 11.8. The summed E-state index contributed by atoms with van der Waals surface area (Å²) in [5.74, 6) is -0.738. The molecule has 1 atom stereocenters. The van der Waals surface area contributed by atoms with Crippen LogP contribution in [0.15, 0.2) is 42.5 Å². The Hall–Kier alpha value is -2.24. The maximum Gasteiger partial charge on any atom is 0.344 e. The number of hydrogen-bond donors (Lipinski definition) is 1. The number of aryl methyl sites for hydroxylation is 1. The van der Waals surface area contributed by atoms with Gasteiger partial charge in [0, 0.05) is 10.7 Å². The molecule has 0 aliphatic carbocycles. The summed E-state index contributed by atoms with van der Waals surface area (Å²) in [4.78, 5) is 23.9. The van der Waals surface area contributed by atoms with E-state index in [9.17, 15) is 9.59 Å². The minimum Gasteiger partial charge on any atom is -0.480 e. The minimum absolute atomic E-state index is 0.345. The molecule has 0 saturated heterocycles. The molecule has 132 valence electrons. The van der Waals surface area contributed by atoms with Crippen molar-refractivity contribution in [2.75, 3.05) is 11.9 Å². The van der Waals surface area contributed by atoms with Crippen LogP contribution >= 0.6 is 23.2 Å². The largest absolute Gasteiger partial charge is 0.480 e. The molecule has 0 bridgehead atoms. The average molecular weight is 382 g/mol. The van der Waals surface area contributed by atoms with E-state index in [1.54, 1.807) is 36.4 Å². The van der Waals surface area contributed by atoms with Gasteiger partial charge < -0.3 is 14.8 Å². The van der Waals surface area contributed by atoms with Crippen molar-refractivity contribution < 1.29 is 19.1 Å². The summed E-state index contributed by atoms with van der Waals surface area (Å²) in [6, 6.07) is 11.8. The van der Waals surface area contributed by atoms with Crippen LogP contribution in [0.4, 0.5) is 5.69 Å². The van der Waals surface area contributed by atoms with Crippen molar-refractivity contribution in [3.8, 4) is 5.75 Å². The van der Waals surface area contributed by atoms with Gasteiger partial charge in [-0.15, -0.1) is 0 Å². The van der Waals surface area contributed by atoms with Gasteiger partial charge in [-0.25, -0.2) is 4.79 Å². The highest BCUT2D eigenvalue weighted by atomic mass is 35.5. The maximum absolute atomic E-state index is 12.0. The standard InChI is InChI=1S/C18H17Cl2NO4/c1-11-3-8-15(20)16(9-11)24-10-17(22)25-12(2)18(23)21-14-6-4-13(19)5-7-14/h3-9,12H,10H2,1-2H3,(H,21,23)/t12-/m0/s1. The first-order valence-electron chi connectivity index (χ1n) is 7.50. The molecule has 0 aliphatic heterocycles. The van der Waals surface area contributed by atoms with E-state index in [0.29, 0.717) is 21.5 Å². The van der Waals surface area contributed by atoms with Gasteiger partial charge >= 0.3 is 5.97 Å². The van der Waals surface area contributed by atoms with Crippen LogP contribution in [0.3, 0.4) is 0 Å². The van der Waals surface area contributed by atoms with E-state index in [-0.39, 0.29) is 6.61 Å². The highest BCUT2D eigenvalue weighted by molar-refractivity contribution is 6.32. The molecule has 2 aromatic rings. The zero-order valence-electron chi connectivity index (χ0n) is 13.7. The van der Waals surface area contributed by atoms with Gasteiger partial charge in [-0.1, -0.05) is 29.3 Å². The van der Waals surface area contributed by atoms with Crippen LogP contribution in [0.2, 0.25) is 10.0 Å². The normalized spacial score (nSPS) is 11.5. The van der Waals surface area contributed by atoms with Crippen molar-refractivity contribution in [1.82, 2.24) is 0 Å². The third kappa shape index (κ3) is 5.96. The number of esters is 1. The molecule has 0 radical (unpaired) electrons. The fourth-order valence-corrected chi connectivity index (χ4v) is 2.22.